The van der Waals surface area contributed by atoms with E-state index in [-0.39, 0.29) is 5.41 Å². The number of thiophene rings is 1. The SMILES string of the molecule is CC1(C)c2cc(-n3c4ccccc4c4cc(C5C=c6ccc7ccccc7c6=CC5)ccc43)ccc2-c2ccc3sc4c(c3c21)C=CCC4. The van der Waals surface area contributed by atoms with Gasteiger partial charge in [-0.15, -0.1) is 11.3 Å². The summed E-state index contributed by atoms with van der Waals surface area (Å²) in [5, 5.41) is 9.51. The number of nitrogens with zero attached hydrogens (tertiary/aromatic N) is 1. The fourth-order valence-corrected chi connectivity index (χ4v) is 10.6. The molecule has 49 heavy (non-hydrogen) atoms. The molecular formula is C47H35NS. The van der Waals surface area contributed by atoms with Crippen molar-refractivity contribution < 1.29 is 0 Å². The molecule has 11 rings (SSSR count). The molecule has 234 valence electrons. The summed E-state index contributed by atoms with van der Waals surface area (Å²) in [6.07, 6.45) is 13.0. The molecule has 0 amide bonds. The van der Waals surface area contributed by atoms with E-state index >= 15 is 0 Å². The zero-order valence-corrected chi connectivity index (χ0v) is 28.6. The average Bonchev–Trinajstić information content (AvgIpc) is 3.76. The lowest BCUT2D eigenvalue weighted by Gasteiger charge is -2.24. The van der Waals surface area contributed by atoms with E-state index in [4.69, 9.17) is 0 Å². The van der Waals surface area contributed by atoms with Crippen LogP contribution >= 0.6 is 11.3 Å². The predicted molar refractivity (Wildman–Crippen MR) is 211 cm³/mol. The smallest absolute Gasteiger partial charge is 0.0541 e. The van der Waals surface area contributed by atoms with E-state index in [0.717, 1.165) is 19.3 Å². The van der Waals surface area contributed by atoms with Gasteiger partial charge in [0.1, 0.15) is 0 Å². The molecule has 0 spiro atoms. The molecule has 6 aromatic carbocycles. The number of hydrogen-bond donors (Lipinski definition) is 0. The average molecular weight is 646 g/mol. The van der Waals surface area contributed by atoms with E-state index in [9.17, 15) is 0 Å². The summed E-state index contributed by atoms with van der Waals surface area (Å²) < 4.78 is 3.93. The molecule has 0 N–H and O–H groups in total. The number of allylic oxidation sites excluding steroid dienone is 1. The molecule has 3 aliphatic carbocycles. The molecule has 0 bridgehead atoms. The quantitative estimate of drug-likeness (QED) is 0.176. The first-order valence-electron chi connectivity index (χ1n) is 17.7. The highest BCUT2D eigenvalue weighted by atomic mass is 32.1. The van der Waals surface area contributed by atoms with Gasteiger partial charge in [0, 0.05) is 42.8 Å². The largest absolute Gasteiger partial charge is 0.309 e. The Morgan fingerprint density at radius 2 is 1.59 bits per heavy atom. The van der Waals surface area contributed by atoms with E-state index in [0.29, 0.717) is 5.92 Å². The van der Waals surface area contributed by atoms with Crippen LogP contribution in [0, 0.1) is 0 Å². The van der Waals surface area contributed by atoms with Crippen molar-refractivity contribution in [2.75, 3.05) is 0 Å². The molecule has 3 aliphatic rings. The van der Waals surface area contributed by atoms with E-state index in [2.05, 4.69) is 152 Å². The lowest BCUT2D eigenvalue weighted by Crippen LogP contribution is -2.29. The van der Waals surface area contributed by atoms with Gasteiger partial charge in [0.25, 0.3) is 0 Å². The molecule has 2 aromatic heterocycles. The van der Waals surface area contributed by atoms with Crippen molar-refractivity contribution in [3.05, 3.63) is 153 Å². The topological polar surface area (TPSA) is 4.93 Å². The van der Waals surface area contributed by atoms with Crippen LogP contribution in [0.25, 0.3) is 77.7 Å². The molecule has 1 unspecified atom stereocenters. The number of aromatic nitrogens is 1. The highest BCUT2D eigenvalue weighted by Crippen LogP contribution is 2.54. The fourth-order valence-electron chi connectivity index (χ4n) is 9.42. The lowest BCUT2D eigenvalue weighted by atomic mass is 9.80. The third kappa shape index (κ3) is 3.81. The number of para-hydroxylation sites is 1. The van der Waals surface area contributed by atoms with Crippen molar-refractivity contribution in [1.29, 1.82) is 0 Å². The molecule has 0 aliphatic heterocycles. The molecule has 1 nitrogen and oxygen atoms in total. The van der Waals surface area contributed by atoms with Crippen molar-refractivity contribution in [1.82, 2.24) is 4.57 Å². The fraction of sp³-hybridized carbons (Fsp3) is 0.149. The second-order valence-corrected chi connectivity index (χ2v) is 15.9. The first-order chi connectivity index (χ1) is 24.0. The summed E-state index contributed by atoms with van der Waals surface area (Å²) in [7, 11) is 0. The summed E-state index contributed by atoms with van der Waals surface area (Å²) in [6, 6.07) is 41.5. The zero-order valence-electron chi connectivity index (χ0n) is 27.8. The van der Waals surface area contributed by atoms with Gasteiger partial charge in [0.2, 0.25) is 0 Å². The standard InChI is InChI=1S/C47H35NS/c1-47(2)40-27-32(19-21-35(40)37-22-24-44-45(46(37)47)38-12-6-8-14-43(38)49-44)48-41-13-7-5-11-36(41)39-26-30(18-23-42(39)48)29-17-20-34-31(25-29)16-15-28-9-3-4-10-33(28)34/h3-7,9-13,15-16,18-27,29H,8,14,17H2,1-2H3. The van der Waals surface area contributed by atoms with E-state index < -0.39 is 0 Å². The van der Waals surface area contributed by atoms with Crippen molar-refractivity contribution in [3.63, 3.8) is 0 Å². The minimum absolute atomic E-state index is 0.0961. The third-order valence-corrected chi connectivity index (χ3v) is 13.0. The highest BCUT2D eigenvalue weighted by molar-refractivity contribution is 7.19. The van der Waals surface area contributed by atoms with E-state index in [1.807, 2.05) is 11.3 Å². The number of hydrogen-bond acceptors (Lipinski definition) is 1. The van der Waals surface area contributed by atoms with Crippen LogP contribution in [0.1, 0.15) is 59.7 Å². The van der Waals surface area contributed by atoms with Gasteiger partial charge >= 0.3 is 0 Å². The first-order valence-corrected chi connectivity index (χ1v) is 18.5. The van der Waals surface area contributed by atoms with Gasteiger partial charge in [-0.3, -0.25) is 0 Å². The summed E-state index contributed by atoms with van der Waals surface area (Å²) in [5.74, 6) is 0.356. The monoisotopic (exact) mass is 645 g/mol. The lowest BCUT2D eigenvalue weighted by molar-refractivity contribution is 0.665. The van der Waals surface area contributed by atoms with E-state index in [1.165, 1.54) is 92.2 Å². The molecule has 1 atom stereocenters. The summed E-state index contributed by atoms with van der Waals surface area (Å²) in [6.45, 7) is 4.88. The normalized spacial score (nSPS) is 17.1. The van der Waals surface area contributed by atoms with Crippen LogP contribution in [-0.2, 0) is 11.8 Å². The summed E-state index contributed by atoms with van der Waals surface area (Å²) in [5.41, 5.74) is 12.2. The third-order valence-electron chi connectivity index (χ3n) is 11.7. The van der Waals surface area contributed by atoms with Crippen molar-refractivity contribution in [2.24, 2.45) is 0 Å². The second kappa shape index (κ2) is 9.94. The minimum Gasteiger partial charge on any atom is -0.309 e. The van der Waals surface area contributed by atoms with Crippen LogP contribution in [0.15, 0.2) is 115 Å². The maximum absolute atomic E-state index is 2.50. The van der Waals surface area contributed by atoms with Gasteiger partial charge in [0.05, 0.1) is 11.0 Å². The van der Waals surface area contributed by atoms with Gasteiger partial charge < -0.3 is 4.57 Å². The van der Waals surface area contributed by atoms with Crippen LogP contribution < -0.4 is 10.4 Å². The van der Waals surface area contributed by atoms with Crippen molar-refractivity contribution in [3.8, 4) is 16.8 Å². The summed E-state index contributed by atoms with van der Waals surface area (Å²) in [4.78, 5) is 1.55. The van der Waals surface area contributed by atoms with Gasteiger partial charge in [-0.1, -0.05) is 111 Å². The highest BCUT2D eigenvalue weighted by Gasteiger charge is 2.38. The number of benzene rings is 6. The van der Waals surface area contributed by atoms with Gasteiger partial charge in [-0.2, -0.15) is 0 Å². The zero-order chi connectivity index (χ0) is 32.4. The van der Waals surface area contributed by atoms with Crippen LogP contribution in [-0.4, -0.2) is 4.57 Å². The van der Waals surface area contributed by atoms with Gasteiger partial charge in [-0.25, -0.2) is 0 Å². The molecule has 2 heterocycles. The maximum Gasteiger partial charge on any atom is 0.0541 e. The maximum atomic E-state index is 2.50. The van der Waals surface area contributed by atoms with Crippen LogP contribution in [0.5, 0.6) is 0 Å². The molecule has 0 saturated carbocycles. The Balaban J connectivity index is 1.06. The Labute approximate surface area is 289 Å². The molecule has 8 aromatic rings. The Hall–Kier alpha value is -5.18. The second-order valence-electron chi connectivity index (χ2n) is 14.7. The van der Waals surface area contributed by atoms with E-state index in [1.54, 1.807) is 4.88 Å². The van der Waals surface area contributed by atoms with Gasteiger partial charge in [-0.05, 0) is 110 Å². The van der Waals surface area contributed by atoms with Gasteiger partial charge in [0.15, 0.2) is 0 Å². The Morgan fingerprint density at radius 1 is 0.755 bits per heavy atom. The first kappa shape index (κ1) is 27.7. The molecule has 0 fully saturated rings. The predicted octanol–water partition coefficient (Wildman–Crippen LogP) is 11.2. The van der Waals surface area contributed by atoms with Crippen molar-refractivity contribution in [2.45, 2.75) is 44.4 Å². The molecule has 2 heteroatoms. The van der Waals surface area contributed by atoms with Crippen molar-refractivity contribution >= 4 is 72.2 Å². The number of fused-ring (bicyclic) bond motifs is 13. The molecular weight excluding hydrogens is 611 g/mol. The number of rotatable bonds is 2. The molecule has 0 radical (unpaired) electrons. The number of aryl methyl sites for hydroxylation is 1. The Morgan fingerprint density at radius 3 is 2.53 bits per heavy atom. The molecule has 0 saturated heterocycles. The minimum atomic E-state index is -0.0961. The van der Waals surface area contributed by atoms with Crippen LogP contribution in [0.3, 0.4) is 0 Å². The Bertz CT molecular complexity index is 2890. The summed E-state index contributed by atoms with van der Waals surface area (Å²) >= 11 is 2.00. The van der Waals surface area contributed by atoms with Crippen LogP contribution in [0.4, 0.5) is 0 Å². The Kier molecular flexibility index (Phi) is 5.62. The van der Waals surface area contributed by atoms with Crippen LogP contribution in [0.2, 0.25) is 0 Å².